The van der Waals surface area contributed by atoms with Gasteiger partial charge in [0.05, 0.1) is 0 Å². The largest absolute Gasteiger partial charge is 0.370 e. The second kappa shape index (κ2) is 6.03. The molecule has 0 bridgehead atoms. The molecule has 4 nitrogen and oxygen atoms in total. The van der Waals surface area contributed by atoms with Gasteiger partial charge in [0, 0.05) is 31.4 Å². The molecule has 4 heteroatoms. The minimum absolute atomic E-state index is 0.626. The standard InChI is InChI=1S/C14H24N4/c1-4-15-13-10-12(9-11(2)3)16-14(17-13)18-7-5-6-8-18/h10-11H,4-9H2,1-3H3,(H,15,16,17). The summed E-state index contributed by atoms with van der Waals surface area (Å²) in [5.41, 5.74) is 1.15. The number of hydrogen-bond acceptors (Lipinski definition) is 4. The number of hydrogen-bond donors (Lipinski definition) is 1. The Morgan fingerprint density at radius 3 is 2.61 bits per heavy atom. The second-order valence-electron chi connectivity index (χ2n) is 5.37. The Morgan fingerprint density at radius 2 is 2.00 bits per heavy atom. The molecule has 0 radical (unpaired) electrons. The van der Waals surface area contributed by atoms with E-state index in [-0.39, 0.29) is 0 Å². The number of nitrogens with zero attached hydrogens (tertiary/aromatic N) is 3. The van der Waals surface area contributed by atoms with Gasteiger partial charge in [-0.25, -0.2) is 4.98 Å². The van der Waals surface area contributed by atoms with E-state index in [0.717, 1.165) is 43.5 Å². The van der Waals surface area contributed by atoms with Crippen LogP contribution in [0.25, 0.3) is 0 Å². The molecule has 1 fully saturated rings. The summed E-state index contributed by atoms with van der Waals surface area (Å²) in [4.78, 5) is 11.6. The van der Waals surface area contributed by atoms with Gasteiger partial charge in [0.2, 0.25) is 5.95 Å². The highest BCUT2D eigenvalue weighted by atomic mass is 15.3. The summed E-state index contributed by atoms with van der Waals surface area (Å²) in [6.45, 7) is 9.64. The van der Waals surface area contributed by atoms with Gasteiger partial charge in [-0.3, -0.25) is 0 Å². The number of aromatic nitrogens is 2. The average molecular weight is 248 g/mol. The molecule has 2 heterocycles. The maximum atomic E-state index is 4.71. The summed E-state index contributed by atoms with van der Waals surface area (Å²) in [7, 11) is 0. The van der Waals surface area contributed by atoms with Crippen molar-refractivity contribution in [3.63, 3.8) is 0 Å². The van der Waals surface area contributed by atoms with Crippen LogP contribution in [0.1, 0.15) is 39.3 Å². The Balaban J connectivity index is 2.23. The minimum atomic E-state index is 0.626. The normalized spacial score (nSPS) is 15.4. The summed E-state index contributed by atoms with van der Waals surface area (Å²) >= 11 is 0. The van der Waals surface area contributed by atoms with Crippen molar-refractivity contribution in [1.82, 2.24) is 9.97 Å². The molecule has 2 rings (SSSR count). The smallest absolute Gasteiger partial charge is 0.227 e. The number of anilines is 2. The van der Waals surface area contributed by atoms with Crippen LogP contribution in [0.2, 0.25) is 0 Å². The van der Waals surface area contributed by atoms with Crippen LogP contribution in [0.4, 0.5) is 11.8 Å². The van der Waals surface area contributed by atoms with Gasteiger partial charge < -0.3 is 10.2 Å². The monoisotopic (exact) mass is 248 g/mol. The van der Waals surface area contributed by atoms with E-state index in [1.807, 2.05) is 0 Å². The van der Waals surface area contributed by atoms with Crippen LogP contribution in [-0.4, -0.2) is 29.6 Å². The molecule has 1 aromatic rings. The van der Waals surface area contributed by atoms with E-state index < -0.39 is 0 Å². The van der Waals surface area contributed by atoms with Gasteiger partial charge >= 0.3 is 0 Å². The fraction of sp³-hybridized carbons (Fsp3) is 0.714. The third-order valence-corrected chi connectivity index (χ3v) is 3.13. The Labute approximate surface area is 110 Å². The van der Waals surface area contributed by atoms with Crippen LogP contribution in [0, 0.1) is 5.92 Å². The van der Waals surface area contributed by atoms with Crippen molar-refractivity contribution < 1.29 is 0 Å². The molecular weight excluding hydrogens is 224 g/mol. The van der Waals surface area contributed by atoms with Crippen LogP contribution in [-0.2, 0) is 6.42 Å². The lowest BCUT2D eigenvalue weighted by Crippen LogP contribution is -2.21. The first-order valence-electron chi connectivity index (χ1n) is 7.06. The Kier molecular flexibility index (Phi) is 4.39. The lowest BCUT2D eigenvalue weighted by atomic mass is 10.1. The molecule has 0 unspecified atom stereocenters. The molecule has 0 spiro atoms. The third-order valence-electron chi connectivity index (χ3n) is 3.13. The zero-order chi connectivity index (χ0) is 13.0. The summed E-state index contributed by atoms with van der Waals surface area (Å²) in [5, 5.41) is 3.31. The van der Waals surface area contributed by atoms with E-state index in [1.165, 1.54) is 12.8 Å². The highest BCUT2D eigenvalue weighted by molar-refractivity contribution is 5.44. The van der Waals surface area contributed by atoms with Gasteiger partial charge in [0.15, 0.2) is 0 Å². The molecule has 0 amide bonds. The van der Waals surface area contributed by atoms with Crippen molar-refractivity contribution in [2.24, 2.45) is 5.92 Å². The molecule has 1 aliphatic rings. The summed E-state index contributed by atoms with van der Waals surface area (Å²) in [6, 6.07) is 2.09. The Bertz CT molecular complexity index is 383. The van der Waals surface area contributed by atoms with Gasteiger partial charge in [0.1, 0.15) is 5.82 Å². The van der Waals surface area contributed by atoms with Crippen molar-refractivity contribution in [3.8, 4) is 0 Å². The van der Waals surface area contributed by atoms with Gasteiger partial charge in [-0.15, -0.1) is 0 Å². The van der Waals surface area contributed by atoms with Gasteiger partial charge in [0.25, 0.3) is 0 Å². The topological polar surface area (TPSA) is 41.1 Å². The molecule has 0 aromatic carbocycles. The lowest BCUT2D eigenvalue weighted by molar-refractivity contribution is 0.633. The van der Waals surface area contributed by atoms with Crippen LogP contribution in [0.15, 0.2) is 6.07 Å². The van der Waals surface area contributed by atoms with E-state index in [4.69, 9.17) is 4.98 Å². The van der Waals surface area contributed by atoms with E-state index in [2.05, 4.69) is 42.0 Å². The first-order chi connectivity index (χ1) is 8.69. The zero-order valence-electron chi connectivity index (χ0n) is 11.7. The SMILES string of the molecule is CCNc1cc(CC(C)C)nc(N2CCCC2)n1. The molecule has 1 aromatic heterocycles. The lowest BCUT2D eigenvalue weighted by Gasteiger charge is -2.18. The number of nitrogens with one attached hydrogen (secondary N) is 1. The first-order valence-corrected chi connectivity index (χ1v) is 7.06. The predicted molar refractivity (Wildman–Crippen MR) is 76.2 cm³/mol. The zero-order valence-corrected chi connectivity index (χ0v) is 11.7. The van der Waals surface area contributed by atoms with Gasteiger partial charge in [-0.05, 0) is 32.1 Å². The fourth-order valence-electron chi connectivity index (χ4n) is 2.34. The molecule has 1 N–H and O–H groups in total. The quantitative estimate of drug-likeness (QED) is 0.870. The highest BCUT2D eigenvalue weighted by Crippen LogP contribution is 2.20. The van der Waals surface area contributed by atoms with Crippen LogP contribution >= 0.6 is 0 Å². The van der Waals surface area contributed by atoms with E-state index in [0.29, 0.717) is 5.92 Å². The maximum Gasteiger partial charge on any atom is 0.227 e. The summed E-state index contributed by atoms with van der Waals surface area (Å²) < 4.78 is 0. The summed E-state index contributed by atoms with van der Waals surface area (Å²) in [6.07, 6.45) is 3.53. The van der Waals surface area contributed by atoms with E-state index >= 15 is 0 Å². The van der Waals surface area contributed by atoms with Crippen LogP contribution < -0.4 is 10.2 Å². The Morgan fingerprint density at radius 1 is 1.28 bits per heavy atom. The molecule has 18 heavy (non-hydrogen) atoms. The van der Waals surface area contributed by atoms with Crippen molar-refractivity contribution in [2.45, 2.75) is 40.0 Å². The van der Waals surface area contributed by atoms with Crippen molar-refractivity contribution >= 4 is 11.8 Å². The molecular formula is C14H24N4. The summed E-state index contributed by atoms with van der Waals surface area (Å²) in [5.74, 6) is 2.49. The fourth-order valence-corrected chi connectivity index (χ4v) is 2.34. The molecule has 1 saturated heterocycles. The highest BCUT2D eigenvalue weighted by Gasteiger charge is 2.16. The second-order valence-corrected chi connectivity index (χ2v) is 5.37. The molecule has 0 aliphatic carbocycles. The molecule has 100 valence electrons. The third kappa shape index (κ3) is 3.34. The average Bonchev–Trinajstić information content (AvgIpc) is 2.81. The molecule has 0 saturated carbocycles. The van der Waals surface area contributed by atoms with Crippen molar-refractivity contribution in [3.05, 3.63) is 11.8 Å². The van der Waals surface area contributed by atoms with Gasteiger partial charge in [-0.2, -0.15) is 4.98 Å². The van der Waals surface area contributed by atoms with E-state index in [1.54, 1.807) is 0 Å². The van der Waals surface area contributed by atoms with Crippen LogP contribution in [0.3, 0.4) is 0 Å². The van der Waals surface area contributed by atoms with Gasteiger partial charge in [-0.1, -0.05) is 13.8 Å². The first kappa shape index (κ1) is 13.1. The number of rotatable bonds is 5. The minimum Gasteiger partial charge on any atom is -0.370 e. The predicted octanol–water partition coefficient (Wildman–Crippen LogP) is 2.71. The molecule has 0 atom stereocenters. The van der Waals surface area contributed by atoms with Crippen molar-refractivity contribution in [2.75, 3.05) is 29.9 Å². The van der Waals surface area contributed by atoms with Crippen LogP contribution in [0.5, 0.6) is 0 Å². The van der Waals surface area contributed by atoms with E-state index in [9.17, 15) is 0 Å². The van der Waals surface area contributed by atoms with Crippen molar-refractivity contribution in [1.29, 1.82) is 0 Å². The molecule has 1 aliphatic heterocycles. The Hall–Kier alpha value is -1.32. The maximum absolute atomic E-state index is 4.71.